The van der Waals surface area contributed by atoms with Gasteiger partial charge in [-0.05, 0) is 17.9 Å². The molecular formula is C10H12N4OS. The maximum absolute atomic E-state index is 5.55. The molecule has 0 fully saturated rings. The Hall–Kier alpha value is -1.66. The number of hydrazine groups is 1. The summed E-state index contributed by atoms with van der Waals surface area (Å²) in [7, 11) is 0. The Balaban J connectivity index is 2.32. The molecule has 2 heterocycles. The topological polar surface area (TPSA) is 73.1 Å². The van der Waals surface area contributed by atoms with Gasteiger partial charge in [0, 0.05) is 0 Å². The van der Waals surface area contributed by atoms with E-state index in [1.807, 2.05) is 11.4 Å². The van der Waals surface area contributed by atoms with Crippen molar-refractivity contribution in [2.75, 3.05) is 12.0 Å². The van der Waals surface area contributed by atoms with Crippen LogP contribution in [0, 0.1) is 0 Å². The molecule has 84 valence electrons. The van der Waals surface area contributed by atoms with Gasteiger partial charge in [-0.3, -0.25) is 5.43 Å². The lowest BCUT2D eigenvalue weighted by atomic mass is 10.4. The summed E-state index contributed by atoms with van der Waals surface area (Å²) >= 11 is 1.52. The normalized spacial score (nSPS) is 10.3. The minimum atomic E-state index is 0.364. The summed E-state index contributed by atoms with van der Waals surface area (Å²) < 4.78 is 5.55. The average Bonchev–Trinajstić information content (AvgIpc) is 2.77. The highest BCUT2D eigenvalue weighted by Gasteiger charge is 2.08. The molecule has 2 aromatic rings. The quantitative estimate of drug-likeness (QED) is 0.359. The van der Waals surface area contributed by atoms with Gasteiger partial charge in [0.05, 0.1) is 12.0 Å². The van der Waals surface area contributed by atoms with Crippen molar-refractivity contribution in [3.05, 3.63) is 24.1 Å². The van der Waals surface area contributed by atoms with Gasteiger partial charge < -0.3 is 4.74 Å². The van der Waals surface area contributed by atoms with E-state index in [1.54, 1.807) is 6.08 Å². The molecule has 5 nitrogen and oxygen atoms in total. The molecule has 6 heteroatoms. The highest BCUT2D eigenvalue weighted by molar-refractivity contribution is 7.16. The first kappa shape index (κ1) is 10.8. The van der Waals surface area contributed by atoms with Gasteiger partial charge in [-0.25, -0.2) is 10.8 Å². The first-order chi connectivity index (χ1) is 7.85. The molecule has 0 saturated carbocycles. The second-order valence-corrected chi connectivity index (χ2v) is 3.96. The molecule has 0 aliphatic heterocycles. The fourth-order valence-corrected chi connectivity index (χ4v) is 2.00. The van der Waals surface area contributed by atoms with Crippen molar-refractivity contribution < 1.29 is 4.74 Å². The number of anilines is 1. The molecule has 0 aromatic carbocycles. The van der Waals surface area contributed by atoms with Crippen molar-refractivity contribution in [1.82, 2.24) is 9.97 Å². The summed E-state index contributed by atoms with van der Waals surface area (Å²) in [5.74, 6) is 6.21. The lowest BCUT2D eigenvalue weighted by molar-refractivity contribution is 0.317. The van der Waals surface area contributed by atoms with Crippen LogP contribution >= 0.6 is 11.3 Å². The highest BCUT2D eigenvalue weighted by atomic mass is 32.1. The smallest absolute Gasteiger partial charge is 0.241 e. The highest BCUT2D eigenvalue weighted by Crippen LogP contribution is 2.27. The zero-order valence-corrected chi connectivity index (χ0v) is 9.46. The van der Waals surface area contributed by atoms with Gasteiger partial charge in [0.1, 0.15) is 4.83 Å². The summed E-state index contributed by atoms with van der Waals surface area (Å²) in [5, 5.41) is 2.85. The second-order valence-electron chi connectivity index (χ2n) is 3.06. The van der Waals surface area contributed by atoms with Crippen LogP contribution in [-0.4, -0.2) is 16.6 Å². The molecule has 0 saturated heterocycles. The molecule has 0 spiro atoms. The maximum Gasteiger partial charge on any atom is 0.241 e. The first-order valence-corrected chi connectivity index (χ1v) is 5.68. The molecule has 0 radical (unpaired) electrons. The zero-order valence-electron chi connectivity index (χ0n) is 8.64. The number of nitrogens with zero attached hydrogens (tertiary/aromatic N) is 2. The number of hydrogen-bond donors (Lipinski definition) is 2. The molecule has 0 amide bonds. The van der Waals surface area contributed by atoms with Crippen molar-refractivity contribution in [1.29, 1.82) is 0 Å². The van der Waals surface area contributed by atoms with Crippen LogP contribution < -0.4 is 16.0 Å². The van der Waals surface area contributed by atoms with E-state index in [0.29, 0.717) is 18.4 Å². The average molecular weight is 236 g/mol. The van der Waals surface area contributed by atoms with E-state index < -0.39 is 0 Å². The van der Waals surface area contributed by atoms with Gasteiger partial charge in [-0.1, -0.05) is 6.08 Å². The summed E-state index contributed by atoms with van der Waals surface area (Å²) in [6.07, 6.45) is 2.58. The minimum Gasteiger partial charge on any atom is -0.477 e. The van der Waals surface area contributed by atoms with Gasteiger partial charge in [-0.15, -0.1) is 17.9 Å². The molecule has 0 bridgehead atoms. The van der Waals surface area contributed by atoms with Gasteiger partial charge in [0.25, 0.3) is 0 Å². The molecule has 2 aromatic heterocycles. The predicted molar refractivity (Wildman–Crippen MR) is 65.5 cm³/mol. The second kappa shape index (κ2) is 4.91. The summed E-state index contributed by atoms with van der Waals surface area (Å²) in [5.41, 5.74) is 2.42. The molecular weight excluding hydrogens is 224 g/mol. The number of hydrogen-bond acceptors (Lipinski definition) is 6. The zero-order chi connectivity index (χ0) is 11.4. The first-order valence-electron chi connectivity index (χ1n) is 4.80. The number of nitrogen functional groups attached to an aromatic ring is 1. The molecule has 3 N–H and O–H groups in total. The number of aromatic nitrogens is 2. The maximum atomic E-state index is 5.55. The van der Waals surface area contributed by atoms with Crippen LogP contribution in [0.3, 0.4) is 0 Å². The van der Waals surface area contributed by atoms with Crippen LogP contribution in [0.25, 0.3) is 10.2 Å². The van der Waals surface area contributed by atoms with E-state index in [0.717, 1.165) is 16.6 Å². The van der Waals surface area contributed by atoms with Gasteiger partial charge >= 0.3 is 0 Å². The summed E-state index contributed by atoms with van der Waals surface area (Å²) in [4.78, 5) is 9.24. The minimum absolute atomic E-state index is 0.364. The fourth-order valence-electron chi connectivity index (χ4n) is 1.24. The lowest BCUT2D eigenvalue weighted by Crippen LogP contribution is -2.11. The summed E-state index contributed by atoms with van der Waals surface area (Å²) in [6.45, 7) is 4.19. The molecule has 0 aliphatic carbocycles. The lowest BCUT2D eigenvalue weighted by Gasteiger charge is -2.06. The van der Waals surface area contributed by atoms with Gasteiger partial charge in [0.15, 0.2) is 0 Å². The fraction of sp³-hybridized carbons (Fsp3) is 0.200. The Labute approximate surface area is 96.9 Å². The molecule has 0 aliphatic rings. The van der Waals surface area contributed by atoms with E-state index in [4.69, 9.17) is 10.6 Å². The van der Waals surface area contributed by atoms with Crippen LogP contribution in [0.5, 0.6) is 5.88 Å². The van der Waals surface area contributed by atoms with Gasteiger partial charge in [0.2, 0.25) is 11.8 Å². The van der Waals surface area contributed by atoms with Crippen LogP contribution in [0.1, 0.15) is 6.42 Å². The van der Waals surface area contributed by atoms with E-state index >= 15 is 0 Å². The molecule has 0 unspecified atom stereocenters. The summed E-state index contributed by atoms with van der Waals surface area (Å²) in [6, 6.07) is 1.93. The van der Waals surface area contributed by atoms with Crippen LogP contribution in [-0.2, 0) is 0 Å². The Kier molecular flexibility index (Phi) is 3.33. The van der Waals surface area contributed by atoms with Crippen molar-refractivity contribution in [2.45, 2.75) is 6.42 Å². The third-order valence-electron chi connectivity index (χ3n) is 1.98. The number of nitrogens with one attached hydrogen (secondary N) is 1. The van der Waals surface area contributed by atoms with E-state index in [2.05, 4.69) is 22.0 Å². The Morgan fingerprint density at radius 1 is 1.56 bits per heavy atom. The number of rotatable bonds is 5. The van der Waals surface area contributed by atoms with Crippen molar-refractivity contribution in [3.8, 4) is 5.88 Å². The third-order valence-corrected chi connectivity index (χ3v) is 2.79. The number of nitrogens with two attached hydrogens (primary N) is 1. The van der Waals surface area contributed by atoms with E-state index in [1.165, 1.54) is 11.3 Å². The standard InChI is InChI=1S/C10H12N4OS/c1-2-3-5-15-8-7-4-6-16-9(7)13-10(12-8)14-11/h2,4,6H,1,3,5,11H2,(H,12,13,14). The van der Waals surface area contributed by atoms with Crippen molar-refractivity contribution in [3.63, 3.8) is 0 Å². The molecule has 2 rings (SSSR count). The van der Waals surface area contributed by atoms with Crippen LogP contribution in [0.15, 0.2) is 24.1 Å². The molecule has 0 atom stereocenters. The predicted octanol–water partition coefficient (Wildman–Crippen LogP) is 1.93. The van der Waals surface area contributed by atoms with Gasteiger partial charge in [-0.2, -0.15) is 4.98 Å². The molecule has 16 heavy (non-hydrogen) atoms. The van der Waals surface area contributed by atoms with Crippen LogP contribution in [0.4, 0.5) is 5.95 Å². The SMILES string of the molecule is C=CCCOc1nc(NN)nc2sccc12. The Morgan fingerprint density at radius 3 is 3.19 bits per heavy atom. The van der Waals surface area contributed by atoms with E-state index in [9.17, 15) is 0 Å². The number of ether oxygens (including phenoxy) is 1. The van der Waals surface area contributed by atoms with E-state index in [-0.39, 0.29) is 0 Å². The third kappa shape index (κ3) is 2.12. The Bertz CT molecular complexity index is 497. The largest absolute Gasteiger partial charge is 0.477 e. The van der Waals surface area contributed by atoms with Crippen LogP contribution in [0.2, 0.25) is 0 Å². The van der Waals surface area contributed by atoms with Crippen molar-refractivity contribution in [2.24, 2.45) is 5.84 Å². The number of thiophene rings is 1. The number of fused-ring (bicyclic) bond motifs is 1. The van der Waals surface area contributed by atoms with Crippen molar-refractivity contribution >= 4 is 27.5 Å². The monoisotopic (exact) mass is 236 g/mol. The Morgan fingerprint density at radius 2 is 2.44 bits per heavy atom.